The van der Waals surface area contributed by atoms with Crippen molar-refractivity contribution in [1.29, 1.82) is 0 Å². The van der Waals surface area contributed by atoms with Crippen LogP contribution in [0.25, 0.3) is 11.3 Å². The summed E-state index contributed by atoms with van der Waals surface area (Å²) in [6, 6.07) is 18.6. The molecule has 28 heavy (non-hydrogen) atoms. The number of thiocarbonyl (C=S) groups is 1. The Kier molecular flexibility index (Phi) is 6.68. The molecule has 1 aromatic heterocycles. The van der Waals surface area contributed by atoms with Crippen LogP contribution < -0.4 is 15.4 Å². The van der Waals surface area contributed by atoms with Gasteiger partial charge in [-0.25, -0.2) is 0 Å². The predicted molar refractivity (Wildman–Crippen MR) is 113 cm³/mol. The molecular weight excluding hydrogens is 396 g/mol. The standard InChI is InChI=1S/C21H19ClN2O3S/c1-14-2-8-17(9-3-14)26-13-20(25)24-21(28)23-12-18-10-11-19(27-18)15-4-6-16(22)7-5-15/h2-11H,12-13H2,1H3,(H2,23,24,25,28). The van der Waals surface area contributed by atoms with Crippen LogP contribution in [0.4, 0.5) is 0 Å². The van der Waals surface area contributed by atoms with Gasteiger partial charge in [0, 0.05) is 10.6 Å². The van der Waals surface area contributed by atoms with Crippen LogP contribution in [0.2, 0.25) is 5.02 Å². The lowest BCUT2D eigenvalue weighted by atomic mass is 10.2. The van der Waals surface area contributed by atoms with Crippen LogP contribution in [0.1, 0.15) is 11.3 Å². The van der Waals surface area contributed by atoms with Crippen molar-refractivity contribution < 1.29 is 13.9 Å². The van der Waals surface area contributed by atoms with Gasteiger partial charge in [-0.3, -0.25) is 4.79 Å². The quantitative estimate of drug-likeness (QED) is 0.582. The van der Waals surface area contributed by atoms with Crippen molar-refractivity contribution in [2.24, 2.45) is 0 Å². The lowest BCUT2D eigenvalue weighted by Gasteiger charge is -2.09. The minimum Gasteiger partial charge on any atom is -0.484 e. The molecule has 0 saturated carbocycles. The molecule has 0 fully saturated rings. The zero-order chi connectivity index (χ0) is 19.9. The van der Waals surface area contributed by atoms with E-state index in [0.717, 1.165) is 16.9 Å². The summed E-state index contributed by atoms with van der Waals surface area (Å²) in [5.41, 5.74) is 2.05. The Bertz CT molecular complexity index is 953. The maximum Gasteiger partial charge on any atom is 0.264 e. The van der Waals surface area contributed by atoms with Gasteiger partial charge >= 0.3 is 0 Å². The Labute approximate surface area is 173 Å². The van der Waals surface area contributed by atoms with Crippen LogP contribution in [0.15, 0.2) is 65.1 Å². The lowest BCUT2D eigenvalue weighted by Crippen LogP contribution is -2.41. The monoisotopic (exact) mass is 414 g/mol. The molecule has 1 heterocycles. The average Bonchev–Trinajstić information content (AvgIpc) is 3.15. The van der Waals surface area contributed by atoms with Crippen LogP contribution in [0.5, 0.6) is 5.75 Å². The summed E-state index contributed by atoms with van der Waals surface area (Å²) in [4.78, 5) is 11.9. The van der Waals surface area contributed by atoms with E-state index < -0.39 is 0 Å². The number of nitrogens with one attached hydrogen (secondary N) is 2. The average molecular weight is 415 g/mol. The van der Waals surface area contributed by atoms with Gasteiger partial charge in [-0.05, 0) is 67.7 Å². The Balaban J connectivity index is 1.43. The van der Waals surface area contributed by atoms with E-state index in [1.165, 1.54) is 0 Å². The van der Waals surface area contributed by atoms with Crippen molar-refractivity contribution in [3.8, 4) is 17.1 Å². The first-order valence-electron chi connectivity index (χ1n) is 8.61. The van der Waals surface area contributed by atoms with Crippen LogP contribution in [-0.2, 0) is 11.3 Å². The number of hydrogen-bond donors (Lipinski definition) is 2. The Morgan fingerprint density at radius 1 is 1.07 bits per heavy atom. The van der Waals surface area contributed by atoms with E-state index >= 15 is 0 Å². The molecule has 2 N–H and O–H groups in total. The van der Waals surface area contributed by atoms with Gasteiger partial charge in [0.1, 0.15) is 17.3 Å². The maximum atomic E-state index is 11.9. The van der Waals surface area contributed by atoms with Crippen LogP contribution in [0, 0.1) is 6.92 Å². The number of furan rings is 1. The highest BCUT2D eigenvalue weighted by atomic mass is 35.5. The van der Waals surface area contributed by atoms with E-state index in [4.69, 9.17) is 33.0 Å². The molecule has 1 amide bonds. The fourth-order valence-corrected chi connectivity index (χ4v) is 2.71. The zero-order valence-corrected chi connectivity index (χ0v) is 16.8. The van der Waals surface area contributed by atoms with Crippen molar-refractivity contribution >= 4 is 34.8 Å². The third-order valence-corrected chi connectivity index (χ3v) is 4.36. The molecule has 0 unspecified atom stereocenters. The summed E-state index contributed by atoms with van der Waals surface area (Å²) in [6.07, 6.45) is 0. The maximum absolute atomic E-state index is 11.9. The molecule has 0 saturated heterocycles. The van der Waals surface area contributed by atoms with Gasteiger partial charge in [0.2, 0.25) is 0 Å². The zero-order valence-electron chi connectivity index (χ0n) is 15.2. The van der Waals surface area contributed by atoms with Gasteiger partial charge in [-0.15, -0.1) is 0 Å². The summed E-state index contributed by atoms with van der Waals surface area (Å²) in [6.45, 7) is 2.22. The molecule has 0 aliphatic carbocycles. The molecule has 2 aromatic carbocycles. The number of carbonyl (C=O) groups excluding carboxylic acids is 1. The van der Waals surface area contributed by atoms with Crippen molar-refractivity contribution in [1.82, 2.24) is 10.6 Å². The third kappa shape index (κ3) is 5.84. The summed E-state index contributed by atoms with van der Waals surface area (Å²) < 4.78 is 11.2. The van der Waals surface area contributed by atoms with Crippen molar-refractivity contribution in [2.45, 2.75) is 13.5 Å². The number of amides is 1. The van der Waals surface area contributed by atoms with Gasteiger partial charge < -0.3 is 19.8 Å². The topological polar surface area (TPSA) is 63.5 Å². The Hall–Kier alpha value is -2.83. The number of halogens is 1. The van der Waals surface area contributed by atoms with E-state index in [2.05, 4.69) is 10.6 Å². The van der Waals surface area contributed by atoms with Crippen LogP contribution in [0.3, 0.4) is 0 Å². The number of benzene rings is 2. The summed E-state index contributed by atoms with van der Waals surface area (Å²) in [5, 5.41) is 6.40. The molecule has 5 nitrogen and oxygen atoms in total. The van der Waals surface area contributed by atoms with Crippen molar-refractivity contribution in [3.63, 3.8) is 0 Å². The molecule has 7 heteroatoms. The second kappa shape index (κ2) is 9.39. The fourth-order valence-electron chi connectivity index (χ4n) is 2.40. The molecule has 0 radical (unpaired) electrons. The largest absolute Gasteiger partial charge is 0.484 e. The number of rotatable bonds is 6. The number of ether oxygens (including phenoxy) is 1. The minimum absolute atomic E-state index is 0.119. The second-order valence-electron chi connectivity index (χ2n) is 6.11. The van der Waals surface area contributed by atoms with E-state index in [9.17, 15) is 4.79 Å². The Morgan fingerprint density at radius 3 is 2.50 bits per heavy atom. The van der Waals surface area contributed by atoms with Crippen molar-refractivity contribution in [3.05, 3.63) is 77.0 Å². The number of aryl methyl sites for hydroxylation is 1. The van der Waals surface area contributed by atoms with E-state index in [0.29, 0.717) is 23.1 Å². The first-order valence-corrected chi connectivity index (χ1v) is 9.40. The van der Waals surface area contributed by atoms with Gasteiger partial charge in [0.05, 0.1) is 6.54 Å². The first-order chi connectivity index (χ1) is 13.5. The molecule has 3 aromatic rings. The Morgan fingerprint density at radius 2 is 1.79 bits per heavy atom. The molecule has 0 bridgehead atoms. The molecular formula is C21H19ClN2O3S. The van der Waals surface area contributed by atoms with Crippen LogP contribution >= 0.6 is 23.8 Å². The lowest BCUT2D eigenvalue weighted by molar-refractivity contribution is -0.121. The first kappa shape index (κ1) is 19.9. The minimum atomic E-state index is -0.334. The smallest absolute Gasteiger partial charge is 0.264 e. The molecule has 0 spiro atoms. The molecule has 3 rings (SSSR count). The highest BCUT2D eigenvalue weighted by Crippen LogP contribution is 2.23. The van der Waals surface area contributed by atoms with Crippen molar-refractivity contribution in [2.75, 3.05) is 6.61 Å². The summed E-state index contributed by atoms with van der Waals surface area (Å²) >= 11 is 11.0. The third-order valence-electron chi connectivity index (χ3n) is 3.86. The predicted octanol–water partition coefficient (Wildman–Crippen LogP) is 4.48. The normalized spacial score (nSPS) is 10.4. The molecule has 0 aliphatic heterocycles. The molecule has 0 atom stereocenters. The second-order valence-corrected chi connectivity index (χ2v) is 6.95. The molecule has 0 aliphatic rings. The van der Waals surface area contributed by atoms with Gasteiger partial charge in [0.25, 0.3) is 5.91 Å². The fraction of sp³-hybridized carbons (Fsp3) is 0.143. The van der Waals surface area contributed by atoms with E-state index in [-0.39, 0.29) is 17.6 Å². The highest BCUT2D eigenvalue weighted by molar-refractivity contribution is 7.80. The van der Waals surface area contributed by atoms with Gasteiger partial charge in [-0.2, -0.15) is 0 Å². The highest BCUT2D eigenvalue weighted by Gasteiger charge is 2.08. The van der Waals surface area contributed by atoms with E-state index in [1.807, 2.05) is 55.5 Å². The van der Waals surface area contributed by atoms with Gasteiger partial charge in [-0.1, -0.05) is 29.3 Å². The van der Waals surface area contributed by atoms with E-state index in [1.54, 1.807) is 12.1 Å². The van der Waals surface area contributed by atoms with Gasteiger partial charge in [0.15, 0.2) is 11.7 Å². The summed E-state index contributed by atoms with van der Waals surface area (Å²) in [7, 11) is 0. The number of carbonyl (C=O) groups is 1. The number of hydrogen-bond acceptors (Lipinski definition) is 4. The van der Waals surface area contributed by atoms with Crippen LogP contribution in [-0.4, -0.2) is 17.6 Å². The summed E-state index contributed by atoms with van der Waals surface area (Å²) in [5.74, 6) is 1.72. The molecule has 144 valence electrons. The SMILES string of the molecule is Cc1ccc(OCC(=O)NC(=S)NCc2ccc(-c3ccc(Cl)cc3)o2)cc1.